The number of methoxy groups -OCH3 is 2. The highest BCUT2D eigenvalue weighted by Crippen LogP contribution is 2.30. The van der Waals surface area contributed by atoms with E-state index in [1.807, 2.05) is 6.07 Å². The molecule has 0 bridgehead atoms. The summed E-state index contributed by atoms with van der Waals surface area (Å²) in [7, 11) is 2.99. The van der Waals surface area contributed by atoms with Crippen LogP contribution in [0, 0.1) is 28.4 Å². The summed E-state index contributed by atoms with van der Waals surface area (Å²) in [5.41, 5.74) is 5.07. The van der Waals surface area contributed by atoms with Crippen LogP contribution >= 0.6 is 15.9 Å². The van der Waals surface area contributed by atoms with Crippen molar-refractivity contribution < 1.29 is 28.7 Å². The van der Waals surface area contributed by atoms with Gasteiger partial charge in [0.15, 0.2) is 18.1 Å². The molecule has 12 nitrogen and oxygen atoms in total. The molecule has 1 N–H and O–H groups in total. The fourth-order valence-corrected chi connectivity index (χ4v) is 3.72. The highest BCUT2D eigenvalue weighted by atomic mass is 79.9. The zero-order valence-corrected chi connectivity index (χ0v) is 22.9. The first-order valence-electron chi connectivity index (χ1n) is 11.3. The Morgan fingerprint density at radius 2 is 1.92 bits per heavy atom. The predicted octanol–water partition coefficient (Wildman–Crippen LogP) is 4.20. The normalized spacial score (nSPS) is 10.6. The topological polar surface area (TPSA) is 158 Å². The van der Waals surface area contributed by atoms with Crippen molar-refractivity contribution in [3.05, 3.63) is 85.0 Å². The standard InChI is InChI=1S/C26H24BrN5O7/c1-16-25(27)21(14-36-2)20(11-28)26(30-16)39-15-24(33)31-29-12-18-6-9-22(23(10-18)37-3)38-13-17-4-7-19(8-5-17)32(34)35/h4-10,12H,13-15H2,1-3H3,(H,31,33). The maximum Gasteiger partial charge on any atom is 0.278 e. The van der Waals surface area contributed by atoms with Crippen LogP contribution in [0.15, 0.2) is 52.0 Å². The number of carbonyl (C=O) groups excluding carboxylic acids is 1. The first-order valence-corrected chi connectivity index (χ1v) is 12.1. The van der Waals surface area contributed by atoms with E-state index in [2.05, 4.69) is 31.4 Å². The molecule has 0 aliphatic carbocycles. The molecule has 1 heterocycles. The molecule has 2 aromatic carbocycles. The van der Waals surface area contributed by atoms with Gasteiger partial charge in [-0.3, -0.25) is 14.9 Å². The molecule has 202 valence electrons. The van der Waals surface area contributed by atoms with Crippen molar-refractivity contribution >= 4 is 33.7 Å². The van der Waals surface area contributed by atoms with Gasteiger partial charge in [-0.05, 0) is 64.3 Å². The summed E-state index contributed by atoms with van der Waals surface area (Å²) in [4.78, 5) is 26.8. The minimum atomic E-state index is -0.555. The number of aromatic nitrogens is 1. The molecule has 0 aliphatic rings. The first kappa shape index (κ1) is 29.0. The molecule has 0 fully saturated rings. The van der Waals surface area contributed by atoms with Gasteiger partial charge in [0.1, 0.15) is 18.2 Å². The molecule has 1 aromatic heterocycles. The summed E-state index contributed by atoms with van der Waals surface area (Å²) >= 11 is 3.40. The Bertz CT molecular complexity index is 1420. The largest absolute Gasteiger partial charge is 0.493 e. The van der Waals surface area contributed by atoms with Gasteiger partial charge in [-0.2, -0.15) is 10.4 Å². The van der Waals surface area contributed by atoms with Crippen LogP contribution in [-0.2, 0) is 22.7 Å². The Morgan fingerprint density at radius 3 is 2.56 bits per heavy atom. The van der Waals surface area contributed by atoms with Crippen molar-refractivity contribution in [3.8, 4) is 23.4 Å². The number of hydrogen-bond donors (Lipinski definition) is 1. The van der Waals surface area contributed by atoms with Gasteiger partial charge in [0.2, 0.25) is 5.88 Å². The zero-order chi connectivity index (χ0) is 28.4. The van der Waals surface area contributed by atoms with Gasteiger partial charge in [0, 0.05) is 29.3 Å². The van der Waals surface area contributed by atoms with Crippen LogP contribution in [0.3, 0.4) is 0 Å². The van der Waals surface area contributed by atoms with Crippen molar-refractivity contribution in [2.24, 2.45) is 5.10 Å². The van der Waals surface area contributed by atoms with Crippen LogP contribution in [0.25, 0.3) is 0 Å². The minimum absolute atomic E-state index is 0.00170. The fraction of sp³-hybridized carbons (Fsp3) is 0.231. The monoisotopic (exact) mass is 597 g/mol. The lowest BCUT2D eigenvalue weighted by Crippen LogP contribution is -2.25. The van der Waals surface area contributed by atoms with Gasteiger partial charge < -0.3 is 18.9 Å². The number of nitro benzene ring substituents is 1. The van der Waals surface area contributed by atoms with E-state index in [1.165, 1.54) is 32.6 Å². The number of hydrogen-bond acceptors (Lipinski definition) is 10. The molecule has 0 unspecified atom stereocenters. The number of pyridine rings is 1. The van der Waals surface area contributed by atoms with Gasteiger partial charge in [-0.15, -0.1) is 0 Å². The van der Waals surface area contributed by atoms with E-state index in [0.717, 1.165) is 5.56 Å². The van der Waals surface area contributed by atoms with Gasteiger partial charge in [-0.25, -0.2) is 10.4 Å². The fourth-order valence-electron chi connectivity index (χ4n) is 3.32. The molecular weight excluding hydrogens is 574 g/mol. The number of rotatable bonds is 12. The van der Waals surface area contributed by atoms with Crippen LogP contribution < -0.4 is 19.6 Å². The predicted molar refractivity (Wildman–Crippen MR) is 144 cm³/mol. The van der Waals surface area contributed by atoms with Gasteiger partial charge >= 0.3 is 0 Å². The molecule has 13 heteroatoms. The van der Waals surface area contributed by atoms with E-state index >= 15 is 0 Å². The Hall–Kier alpha value is -4.54. The Labute approximate surface area is 232 Å². The molecule has 0 spiro atoms. The average Bonchev–Trinajstić information content (AvgIpc) is 2.93. The SMILES string of the molecule is COCc1c(Br)c(C)nc(OCC(=O)NN=Cc2ccc(OCc3ccc([N+](=O)[O-])cc3)c(OC)c2)c1C#N. The Kier molecular flexibility index (Phi) is 10.3. The summed E-state index contributed by atoms with van der Waals surface area (Å²) in [5.74, 6) is 0.367. The summed E-state index contributed by atoms with van der Waals surface area (Å²) in [6.45, 7) is 1.68. The van der Waals surface area contributed by atoms with E-state index in [9.17, 15) is 20.2 Å². The first-order chi connectivity index (χ1) is 18.8. The third-order valence-corrected chi connectivity index (χ3v) is 6.29. The molecule has 3 aromatic rings. The number of ether oxygens (including phenoxy) is 4. The van der Waals surface area contributed by atoms with Crippen LogP contribution in [0.2, 0.25) is 0 Å². The lowest BCUT2D eigenvalue weighted by molar-refractivity contribution is -0.384. The van der Waals surface area contributed by atoms with Crippen molar-refractivity contribution in [3.63, 3.8) is 0 Å². The maximum atomic E-state index is 12.2. The molecule has 0 radical (unpaired) electrons. The van der Waals surface area contributed by atoms with Crippen molar-refractivity contribution in [1.29, 1.82) is 5.26 Å². The third-order valence-electron chi connectivity index (χ3n) is 5.24. The zero-order valence-electron chi connectivity index (χ0n) is 21.3. The summed E-state index contributed by atoms with van der Waals surface area (Å²) < 4.78 is 22.4. The number of nitrogens with one attached hydrogen (secondary N) is 1. The number of hydrazone groups is 1. The molecule has 0 atom stereocenters. The quantitative estimate of drug-likeness (QED) is 0.183. The second-order valence-electron chi connectivity index (χ2n) is 7.92. The molecule has 0 saturated heterocycles. The number of benzene rings is 2. The van der Waals surface area contributed by atoms with Crippen molar-refractivity contribution in [2.75, 3.05) is 20.8 Å². The molecule has 0 saturated carbocycles. The number of non-ortho nitro benzene ring substituents is 1. The van der Waals surface area contributed by atoms with E-state index in [4.69, 9.17) is 18.9 Å². The van der Waals surface area contributed by atoms with Gasteiger partial charge in [-0.1, -0.05) is 0 Å². The summed E-state index contributed by atoms with van der Waals surface area (Å²) in [6, 6.07) is 13.2. The average molecular weight is 598 g/mol. The number of amides is 1. The number of aryl methyl sites for hydroxylation is 1. The Balaban J connectivity index is 1.58. The highest BCUT2D eigenvalue weighted by Gasteiger charge is 2.18. The number of halogens is 1. The lowest BCUT2D eigenvalue weighted by atomic mass is 10.1. The van der Waals surface area contributed by atoms with Gasteiger partial charge in [0.25, 0.3) is 11.6 Å². The van der Waals surface area contributed by atoms with E-state index in [-0.39, 0.29) is 30.3 Å². The van der Waals surface area contributed by atoms with Crippen LogP contribution in [0.5, 0.6) is 17.4 Å². The molecule has 3 rings (SSSR count). The van der Waals surface area contributed by atoms with Crippen LogP contribution in [0.1, 0.15) is 27.9 Å². The molecule has 0 aliphatic heterocycles. The van der Waals surface area contributed by atoms with Crippen molar-refractivity contribution in [1.82, 2.24) is 10.4 Å². The van der Waals surface area contributed by atoms with E-state index in [1.54, 1.807) is 37.3 Å². The van der Waals surface area contributed by atoms with E-state index in [0.29, 0.717) is 32.8 Å². The summed E-state index contributed by atoms with van der Waals surface area (Å²) in [5, 5.41) is 24.3. The lowest BCUT2D eigenvalue weighted by Gasteiger charge is -2.13. The third kappa shape index (κ3) is 7.73. The molecular formula is C26H24BrN5O7. The molecule has 39 heavy (non-hydrogen) atoms. The molecule has 1 amide bonds. The number of nitro groups is 1. The van der Waals surface area contributed by atoms with Gasteiger partial charge in [0.05, 0.1) is 30.5 Å². The highest BCUT2D eigenvalue weighted by molar-refractivity contribution is 9.10. The van der Waals surface area contributed by atoms with Crippen LogP contribution in [-0.4, -0.2) is 42.9 Å². The second kappa shape index (κ2) is 13.8. The van der Waals surface area contributed by atoms with Crippen LogP contribution in [0.4, 0.5) is 5.69 Å². The second-order valence-corrected chi connectivity index (χ2v) is 8.71. The number of nitriles is 1. The maximum absolute atomic E-state index is 12.2. The van der Waals surface area contributed by atoms with E-state index < -0.39 is 17.4 Å². The van der Waals surface area contributed by atoms with Crippen molar-refractivity contribution in [2.45, 2.75) is 20.1 Å². The Morgan fingerprint density at radius 1 is 1.18 bits per heavy atom. The number of nitrogens with zero attached hydrogens (tertiary/aromatic N) is 4. The summed E-state index contributed by atoms with van der Waals surface area (Å²) in [6.07, 6.45) is 1.42. The number of carbonyl (C=O) groups is 1. The minimum Gasteiger partial charge on any atom is -0.493 e. The smallest absolute Gasteiger partial charge is 0.278 e.